The van der Waals surface area contributed by atoms with Crippen molar-refractivity contribution >= 4 is 36.2 Å². The van der Waals surface area contributed by atoms with Gasteiger partial charge in [-0.05, 0) is 22.9 Å². The summed E-state index contributed by atoms with van der Waals surface area (Å²) in [7, 11) is -0.241. The van der Waals surface area contributed by atoms with Gasteiger partial charge in [0, 0.05) is 17.2 Å². The van der Waals surface area contributed by atoms with E-state index in [1.165, 1.54) is 13.2 Å². The van der Waals surface area contributed by atoms with Crippen molar-refractivity contribution in [2.45, 2.75) is 32.2 Å². The molecule has 0 atom stereocenters. The number of benzene rings is 2. The number of rotatable bonds is 4. The fourth-order valence-corrected chi connectivity index (χ4v) is 4.76. The Morgan fingerprint density at radius 1 is 1.24 bits per heavy atom. The van der Waals surface area contributed by atoms with Gasteiger partial charge in [-0.3, -0.25) is 10.1 Å². The molecule has 0 unspecified atom stereocenters. The molecule has 0 saturated carbocycles. The van der Waals surface area contributed by atoms with Gasteiger partial charge < -0.3 is 15.6 Å². The van der Waals surface area contributed by atoms with Crippen molar-refractivity contribution in [1.29, 1.82) is 0 Å². The minimum absolute atomic E-state index is 0.0593. The van der Waals surface area contributed by atoms with Crippen LogP contribution in [0.25, 0.3) is 0 Å². The average molecular weight is 451 g/mol. The van der Waals surface area contributed by atoms with E-state index in [2.05, 4.69) is 24.4 Å². The number of alkyl halides is 3. The summed E-state index contributed by atoms with van der Waals surface area (Å²) in [5.41, 5.74) is 5.37. The van der Waals surface area contributed by atoms with E-state index >= 15 is 0 Å². The lowest BCUT2D eigenvalue weighted by Gasteiger charge is -2.19. The monoisotopic (exact) mass is 450 g/mol. The first-order valence-electron chi connectivity index (χ1n) is 8.32. The number of nitrogens with two attached hydrogens (primary N) is 1. The second-order valence-electron chi connectivity index (χ2n) is 7.20. The smallest absolute Gasteiger partial charge is 0.393 e. The van der Waals surface area contributed by atoms with Crippen molar-refractivity contribution in [3.8, 4) is 11.5 Å². The molecule has 0 aliphatic carbocycles. The highest BCUT2D eigenvalue weighted by Crippen LogP contribution is 2.30. The molecule has 160 valence electrons. The number of aromatic hydroxyl groups is 1. The second kappa shape index (κ2) is 9.36. The molecule has 0 spiro atoms. The molecule has 0 heterocycles. The summed E-state index contributed by atoms with van der Waals surface area (Å²) in [5, 5.41) is 21.5. The van der Waals surface area contributed by atoms with Gasteiger partial charge in [-0.2, -0.15) is 13.2 Å². The molecule has 6 nitrogen and oxygen atoms in total. The number of hydrogen-bond acceptors (Lipinski definition) is 5. The summed E-state index contributed by atoms with van der Waals surface area (Å²) in [6, 6.07) is 6.47. The van der Waals surface area contributed by atoms with Gasteiger partial charge in [0.05, 0.1) is 32.2 Å². The van der Waals surface area contributed by atoms with Gasteiger partial charge in [0.25, 0.3) is 0 Å². The quantitative estimate of drug-likeness (QED) is 0.227. The normalized spacial score (nSPS) is 11.4. The Balaban J connectivity index is 0.000000296. The maximum Gasteiger partial charge on any atom is 0.393 e. The first kappa shape index (κ1) is 24.6. The number of ether oxygens (including phenoxy) is 1. The van der Waals surface area contributed by atoms with Gasteiger partial charge in [0.2, 0.25) is 0 Å². The maximum atomic E-state index is 12.1. The predicted molar refractivity (Wildman–Crippen MR) is 110 cm³/mol. The van der Waals surface area contributed by atoms with Gasteiger partial charge in [-0.25, -0.2) is 0 Å². The Morgan fingerprint density at radius 2 is 1.83 bits per heavy atom. The van der Waals surface area contributed by atoms with Gasteiger partial charge in [0.1, 0.15) is 5.75 Å². The van der Waals surface area contributed by atoms with E-state index in [0.717, 1.165) is 23.4 Å². The number of nitro groups is 1. The van der Waals surface area contributed by atoms with E-state index in [1.54, 1.807) is 6.07 Å². The van der Waals surface area contributed by atoms with Crippen molar-refractivity contribution in [3.63, 3.8) is 0 Å². The lowest BCUT2D eigenvalue weighted by Crippen LogP contribution is -2.38. The summed E-state index contributed by atoms with van der Waals surface area (Å²) in [6.45, 7) is 6.56. The van der Waals surface area contributed by atoms with E-state index < -0.39 is 31.3 Å². The zero-order chi connectivity index (χ0) is 22.6. The lowest BCUT2D eigenvalue weighted by molar-refractivity contribution is -0.385. The Kier molecular flexibility index (Phi) is 7.93. The van der Waals surface area contributed by atoms with Crippen molar-refractivity contribution < 1.29 is 27.9 Å². The Bertz CT molecular complexity index is 887. The molecule has 2 aromatic carbocycles. The molecule has 3 N–H and O–H groups in total. The third-order valence-corrected chi connectivity index (χ3v) is 6.27. The molecule has 11 heteroatoms. The molecule has 0 bridgehead atoms. The number of nitrogen functional groups attached to an aromatic ring is 1. The lowest BCUT2D eigenvalue weighted by atomic mass is 10.1. The summed E-state index contributed by atoms with van der Waals surface area (Å²) in [6.07, 6.45) is -5.58. The number of hydrogen-bond donors (Lipinski definition) is 2. The SMILES string of the molecule is COc1ccc(CC(F)(F)F)cc1[N+](=O)[O-].C[Si](C)(C)c1cc(N)c(O)cc1Cl. The van der Waals surface area contributed by atoms with Crippen LogP contribution in [0.15, 0.2) is 30.3 Å². The largest absolute Gasteiger partial charge is 0.506 e. The number of methoxy groups -OCH3 is 1. The van der Waals surface area contributed by atoms with Crippen molar-refractivity contribution in [2.24, 2.45) is 0 Å². The van der Waals surface area contributed by atoms with Crippen LogP contribution in [0.1, 0.15) is 5.56 Å². The topological polar surface area (TPSA) is 98.6 Å². The van der Waals surface area contributed by atoms with Crippen LogP contribution in [0.5, 0.6) is 11.5 Å². The molecule has 2 aromatic rings. The summed E-state index contributed by atoms with van der Waals surface area (Å²) >= 11 is 6.01. The Labute approximate surface area is 172 Å². The van der Waals surface area contributed by atoms with E-state index in [-0.39, 0.29) is 17.1 Å². The molecule has 0 radical (unpaired) electrons. The highest BCUT2D eigenvalue weighted by atomic mass is 35.5. The maximum absolute atomic E-state index is 12.1. The van der Waals surface area contributed by atoms with Crippen LogP contribution >= 0.6 is 11.6 Å². The van der Waals surface area contributed by atoms with Crippen LogP contribution in [0.4, 0.5) is 24.5 Å². The number of nitrogens with zero attached hydrogens (tertiary/aromatic N) is 1. The van der Waals surface area contributed by atoms with Crippen molar-refractivity contribution in [3.05, 3.63) is 51.0 Å². The molecule has 0 aromatic heterocycles. The third-order valence-electron chi connectivity index (χ3n) is 3.77. The van der Waals surface area contributed by atoms with E-state index in [4.69, 9.17) is 17.3 Å². The van der Waals surface area contributed by atoms with Gasteiger partial charge in [-0.1, -0.05) is 37.3 Å². The molecule has 0 aliphatic heterocycles. The number of phenolic OH excluding ortho intramolecular Hbond substituents is 1. The van der Waals surface area contributed by atoms with Crippen LogP contribution in [-0.2, 0) is 6.42 Å². The summed E-state index contributed by atoms with van der Waals surface area (Å²) < 4.78 is 40.8. The Morgan fingerprint density at radius 3 is 2.28 bits per heavy atom. The van der Waals surface area contributed by atoms with Gasteiger partial charge in [0.15, 0.2) is 5.75 Å². The second-order valence-corrected chi connectivity index (χ2v) is 12.6. The van der Waals surface area contributed by atoms with Crippen LogP contribution in [-0.4, -0.2) is 31.4 Å². The fraction of sp³-hybridized carbons (Fsp3) is 0.333. The molecule has 29 heavy (non-hydrogen) atoms. The third kappa shape index (κ3) is 7.46. The zero-order valence-corrected chi connectivity index (χ0v) is 18.1. The number of nitro benzene ring substituents is 1. The van der Waals surface area contributed by atoms with Gasteiger partial charge >= 0.3 is 11.9 Å². The van der Waals surface area contributed by atoms with E-state index in [9.17, 15) is 28.4 Å². The van der Waals surface area contributed by atoms with Crippen LogP contribution in [0.3, 0.4) is 0 Å². The first-order chi connectivity index (χ1) is 13.2. The first-order valence-corrected chi connectivity index (χ1v) is 12.2. The molecule has 0 amide bonds. The van der Waals surface area contributed by atoms with Crippen molar-refractivity contribution in [2.75, 3.05) is 12.8 Å². The average Bonchev–Trinajstić information content (AvgIpc) is 2.56. The predicted octanol–water partition coefficient (Wildman–Crippen LogP) is 4.88. The number of halogens is 4. The highest BCUT2D eigenvalue weighted by molar-refractivity contribution is 6.90. The van der Waals surface area contributed by atoms with E-state index in [0.29, 0.717) is 10.7 Å². The van der Waals surface area contributed by atoms with Gasteiger partial charge in [-0.15, -0.1) is 0 Å². The molecular weight excluding hydrogens is 429 g/mol. The minimum atomic E-state index is -4.39. The number of phenols is 1. The Hall–Kier alpha value is -2.46. The molecule has 2 rings (SSSR count). The summed E-state index contributed by atoms with van der Waals surface area (Å²) in [5.74, 6) is 0.00271. The number of anilines is 1. The van der Waals surface area contributed by atoms with Crippen molar-refractivity contribution in [1.82, 2.24) is 0 Å². The standard InChI is InChI=1S/C9H14ClNOSi.C9H8F3NO3/c1-13(2,3)9-5-7(11)8(12)4-6(9)10;1-16-8-3-2-6(5-9(10,11)12)4-7(8)13(14)15/h4-5,12H,11H2,1-3H3;2-4H,5H2,1H3. The fourth-order valence-electron chi connectivity index (χ4n) is 2.37. The zero-order valence-electron chi connectivity index (χ0n) is 16.3. The minimum Gasteiger partial charge on any atom is -0.506 e. The van der Waals surface area contributed by atoms with Crippen LogP contribution in [0, 0.1) is 10.1 Å². The molecule has 0 fully saturated rings. The van der Waals surface area contributed by atoms with Crippen LogP contribution in [0.2, 0.25) is 24.7 Å². The summed E-state index contributed by atoms with van der Waals surface area (Å²) in [4.78, 5) is 9.76. The molecular formula is C18H22ClF3N2O4Si. The molecule has 0 saturated heterocycles. The highest BCUT2D eigenvalue weighted by Gasteiger charge is 2.29. The molecule has 0 aliphatic rings. The van der Waals surface area contributed by atoms with E-state index in [1.807, 2.05) is 0 Å². The van der Waals surface area contributed by atoms with Crippen LogP contribution < -0.4 is 15.7 Å².